The minimum Gasteiger partial charge on any atom is -0.550 e. The second-order valence-electron chi connectivity index (χ2n) is 7.42. The Morgan fingerprint density at radius 2 is 1.90 bits per heavy atom. The number of anilines is 1. The van der Waals surface area contributed by atoms with E-state index in [0.717, 1.165) is 40.9 Å². The van der Waals surface area contributed by atoms with Crippen molar-refractivity contribution in [3.63, 3.8) is 0 Å². The standard InChI is InChI=1S/C24H25NO3S.Na/c1-17(24(26)27)14-18-6-7-20-16-21(9-8-19(20)15-18)28-12-10-25-11-13-29-23-5-3-2-4-22(23)25;/h2-9,15-17H,10-14H2,1H3,(H,26,27);/q;+1/p-1. The smallest absolute Gasteiger partial charge is 0.550 e. The predicted octanol–water partition coefficient (Wildman–Crippen LogP) is 0.763. The van der Waals surface area contributed by atoms with Gasteiger partial charge in [0.2, 0.25) is 0 Å². The van der Waals surface area contributed by atoms with Crippen LogP contribution in [0.4, 0.5) is 5.69 Å². The van der Waals surface area contributed by atoms with Crippen molar-refractivity contribution in [3.8, 4) is 5.75 Å². The number of ether oxygens (including phenoxy) is 1. The third-order valence-corrected chi connectivity index (χ3v) is 6.32. The van der Waals surface area contributed by atoms with Gasteiger partial charge in [-0.05, 0) is 52.9 Å². The average Bonchev–Trinajstić information content (AvgIpc) is 2.74. The number of carboxylic acid groups (broad SMARTS) is 1. The molecule has 1 heterocycles. The van der Waals surface area contributed by atoms with Gasteiger partial charge in [-0.25, -0.2) is 0 Å². The zero-order valence-electron chi connectivity index (χ0n) is 17.5. The van der Waals surface area contributed by atoms with E-state index in [9.17, 15) is 9.90 Å². The quantitative estimate of drug-likeness (QED) is 0.519. The molecule has 4 rings (SSSR count). The molecule has 0 saturated carbocycles. The van der Waals surface area contributed by atoms with E-state index < -0.39 is 11.9 Å². The number of thioether (sulfide) groups is 1. The molecule has 0 amide bonds. The van der Waals surface area contributed by atoms with Crippen LogP contribution in [0.5, 0.6) is 5.75 Å². The fourth-order valence-corrected chi connectivity index (χ4v) is 4.71. The number of carbonyl (C=O) groups is 1. The van der Waals surface area contributed by atoms with Gasteiger partial charge in [0, 0.05) is 23.2 Å². The number of para-hydroxylation sites is 1. The SMILES string of the molecule is CC(Cc1ccc2cc(OCCN3CCSc4ccccc43)ccc2c1)C(=O)[O-].[Na+]. The first-order valence-electron chi connectivity index (χ1n) is 9.93. The molecule has 4 nitrogen and oxygen atoms in total. The van der Waals surface area contributed by atoms with Crippen LogP contribution in [0.15, 0.2) is 65.6 Å². The van der Waals surface area contributed by atoms with Gasteiger partial charge in [-0.2, -0.15) is 0 Å². The number of carboxylic acids is 1. The molecule has 1 aliphatic heterocycles. The first-order chi connectivity index (χ1) is 14.1. The molecule has 0 bridgehead atoms. The van der Waals surface area contributed by atoms with Gasteiger partial charge < -0.3 is 19.5 Å². The predicted molar refractivity (Wildman–Crippen MR) is 117 cm³/mol. The summed E-state index contributed by atoms with van der Waals surface area (Å²) in [6.07, 6.45) is 0.478. The zero-order chi connectivity index (χ0) is 20.2. The van der Waals surface area contributed by atoms with Crippen LogP contribution in [0, 0.1) is 5.92 Å². The Labute approximate surface area is 203 Å². The van der Waals surface area contributed by atoms with Crippen LogP contribution >= 0.6 is 11.8 Å². The molecular weight excluding hydrogens is 405 g/mol. The minimum absolute atomic E-state index is 0. The van der Waals surface area contributed by atoms with Gasteiger partial charge in [-0.1, -0.05) is 43.3 Å². The Balaban J connectivity index is 0.00000256. The van der Waals surface area contributed by atoms with E-state index in [1.54, 1.807) is 6.92 Å². The van der Waals surface area contributed by atoms with E-state index in [1.165, 1.54) is 10.6 Å². The molecule has 3 aromatic carbocycles. The summed E-state index contributed by atoms with van der Waals surface area (Å²) in [4.78, 5) is 14.7. The molecule has 30 heavy (non-hydrogen) atoms. The molecular formula is C24H24NNaO3S. The van der Waals surface area contributed by atoms with Crippen LogP contribution in [-0.4, -0.2) is 31.4 Å². The van der Waals surface area contributed by atoms with Gasteiger partial charge in [0.05, 0.1) is 12.2 Å². The third kappa shape index (κ3) is 5.52. The maximum Gasteiger partial charge on any atom is 1.00 e. The van der Waals surface area contributed by atoms with Crippen molar-refractivity contribution in [1.82, 2.24) is 0 Å². The number of fused-ring (bicyclic) bond motifs is 2. The molecule has 0 N–H and O–H groups in total. The normalized spacial score (nSPS) is 14.0. The maximum atomic E-state index is 11.0. The van der Waals surface area contributed by atoms with E-state index in [2.05, 4.69) is 29.2 Å². The Bertz CT molecular complexity index is 1030. The molecule has 0 spiro atoms. The van der Waals surface area contributed by atoms with E-state index in [1.807, 2.05) is 48.2 Å². The molecule has 1 aliphatic rings. The summed E-state index contributed by atoms with van der Waals surface area (Å²) in [6, 6.07) is 20.6. The largest absolute Gasteiger partial charge is 1.00 e. The molecule has 150 valence electrons. The van der Waals surface area contributed by atoms with E-state index >= 15 is 0 Å². The Hall–Kier alpha value is -1.66. The molecule has 0 aliphatic carbocycles. The summed E-state index contributed by atoms with van der Waals surface area (Å²) >= 11 is 1.91. The second kappa shape index (κ2) is 10.6. The molecule has 0 aromatic heterocycles. The van der Waals surface area contributed by atoms with Gasteiger partial charge >= 0.3 is 29.6 Å². The van der Waals surface area contributed by atoms with Crippen LogP contribution in [0.3, 0.4) is 0 Å². The Kier molecular flexibility index (Phi) is 8.12. The molecule has 1 atom stereocenters. The van der Waals surface area contributed by atoms with Gasteiger partial charge in [0.25, 0.3) is 0 Å². The summed E-state index contributed by atoms with van der Waals surface area (Å²) in [5.41, 5.74) is 2.30. The summed E-state index contributed by atoms with van der Waals surface area (Å²) in [5, 5.41) is 13.1. The van der Waals surface area contributed by atoms with Crippen LogP contribution in [-0.2, 0) is 11.2 Å². The average molecular weight is 430 g/mol. The second-order valence-corrected chi connectivity index (χ2v) is 8.56. The molecule has 0 fully saturated rings. The Morgan fingerprint density at radius 3 is 2.73 bits per heavy atom. The van der Waals surface area contributed by atoms with E-state index in [4.69, 9.17) is 4.74 Å². The number of carbonyl (C=O) groups excluding carboxylic acids is 1. The molecule has 0 saturated heterocycles. The Morgan fingerprint density at radius 1 is 1.13 bits per heavy atom. The van der Waals surface area contributed by atoms with Crippen molar-refractivity contribution in [3.05, 3.63) is 66.2 Å². The van der Waals surface area contributed by atoms with Gasteiger partial charge in [0.1, 0.15) is 12.4 Å². The van der Waals surface area contributed by atoms with Crippen LogP contribution < -0.4 is 44.3 Å². The molecule has 3 aromatic rings. The molecule has 1 unspecified atom stereocenters. The zero-order valence-corrected chi connectivity index (χ0v) is 20.3. The number of benzene rings is 3. The van der Waals surface area contributed by atoms with Crippen molar-refractivity contribution in [2.45, 2.75) is 18.2 Å². The fraction of sp³-hybridized carbons (Fsp3) is 0.292. The molecule has 0 radical (unpaired) electrons. The summed E-state index contributed by atoms with van der Waals surface area (Å²) in [7, 11) is 0. The first-order valence-corrected chi connectivity index (χ1v) is 10.9. The number of hydrogen-bond donors (Lipinski definition) is 0. The number of rotatable bonds is 7. The number of hydrogen-bond acceptors (Lipinski definition) is 5. The summed E-state index contributed by atoms with van der Waals surface area (Å²) in [5.74, 6) is 0.455. The first kappa shape index (κ1) is 23.0. The maximum absolute atomic E-state index is 11.0. The molecule has 6 heteroatoms. The summed E-state index contributed by atoms with van der Waals surface area (Å²) in [6.45, 7) is 4.20. The van der Waals surface area contributed by atoms with Crippen molar-refractivity contribution in [2.24, 2.45) is 5.92 Å². The monoisotopic (exact) mass is 429 g/mol. The van der Waals surface area contributed by atoms with Crippen LogP contribution in [0.25, 0.3) is 10.8 Å². The number of aliphatic carboxylic acids is 1. The summed E-state index contributed by atoms with van der Waals surface area (Å²) < 4.78 is 6.02. The van der Waals surface area contributed by atoms with Crippen molar-refractivity contribution in [2.75, 3.05) is 30.3 Å². The topological polar surface area (TPSA) is 52.6 Å². The number of nitrogens with zero attached hydrogens (tertiary/aromatic N) is 1. The van der Waals surface area contributed by atoms with Crippen molar-refractivity contribution >= 4 is 34.2 Å². The van der Waals surface area contributed by atoms with Gasteiger partial charge in [-0.15, -0.1) is 11.8 Å². The van der Waals surface area contributed by atoms with Crippen LogP contribution in [0.1, 0.15) is 12.5 Å². The minimum atomic E-state index is -1.01. The van der Waals surface area contributed by atoms with Gasteiger partial charge in [-0.3, -0.25) is 0 Å². The fourth-order valence-electron chi connectivity index (χ4n) is 3.66. The van der Waals surface area contributed by atoms with Crippen molar-refractivity contribution < 1.29 is 44.2 Å². The van der Waals surface area contributed by atoms with E-state index in [0.29, 0.717) is 13.0 Å². The van der Waals surface area contributed by atoms with Crippen molar-refractivity contribution in [1.29, 1.82) is 0 Å². The van der Waals surface area contributed by atoms with Gasteiger partial charge in [0.15, 0.2) is 0 Å². The third-order valence-electron chi connectivity index (χ3n) is 5.28. The van der Waals surface area contributed by atoms with E-state index in [-0.39, 0.29) is 29.6 Å². The van der Waals surface area contributed by atoms with Crippen LogP contribution in [0.2, 0.25) is 0 Å².